The smallest absolute Gasteiger partial charge is 0.254 e. The van der Waals surface area contributed by atoms with Crippen LogP contribution >= 0.6 is 0 Å². The lowest BCUT2D eigenvalue weighted by Gasteiger charge is -2.21. The van der Waals surface area contributed by atoms with Crippen molar-refractivity contribution in [3.05, 3.63) is 47.5 Å². The van der Waals surface area contributed by atoms with E-state index in [-0.39, 0.29) is 12.0 Å². The van der Waals surface area contributed by atoms with Gasteiger partial charge in [-0.05, 0) is 18.4 Å². The summed E-state index contributed by atoms with van der Waals surface area (Å²) in [6.45, 7) is 5.73. The molecule has 2 aromatic rings. The number of amides is 1. The lowest BCUT2D eigenvalue weighted by molar-refractivity contribution is -0.130. The molecule has 3 N–H and O–H groups in total. The van der Waals surface area contributed by atoms with Crippen LogP contribution in [0.15, 0.2) is 30.3 Å². The molecule has 2 rings (SSSR count). The molecule has 21 heavy (non-hydrogen) atoms. The maximum Gasteiger partial charge on any atom is 0.254 e. The van der Waals surface area contributed by atoms with E-state index in [1.165, 1.54) is 0 Å². The Hall–Kier alpha value is -2.21. The fourth-order valence-electron chi connectivity index (χ4n) is 2.05. The zero-order valence-electron chi connectivity index (χ0n) is 12.4. The van der Waals surface area contributed by atoms with E-state index in [9.17, 15) is 9.90 Å². The number of aromatic amines is 1. The monoisotopic (exact) mass is 288 g/mol. The molecule has 1 heterocycles. The molecule has 0 saturated carbocycles. The maximum absolute atomic E-state index is 12.2. The van der Waals surface area contributed by atoms with Gasteiger partial charge < -0.3 is 10.4 Å². The first-order valence-electron chi connectivity index (χ1n) is 6.91. The minimum absolute atomic E-state index is 0.104. The number of aromatic nitrogens is 3. The van der Waals surface area contributed by atoms with Gasteiger partial charge in [0.1, 0.15) is 5.82 Å². The van der Waals surface area contributed by atoms with Gasteiger partial charge in [0.2, 0.25) is 0 Å². The largest absolute Gasteiger partial charge is 0.378 e. The predicted octanol–water partition coefficient (Wildman–Crippen LogP) is 1.66. The first kappa shape index (κ1) is 15.2. The van der Waals surface area contributed by atoms with Gasteiger partial charge in [-0.15, -0.1) is 0 Å². The fourth-order valence-corrected chi connectivity index (χ4v) is 2.05. The van der Waals surface area contributed by atoms with Gasteiger partial charge in [0, 0.05) is 0 Å². The van der Waals surface area contributed by atoms with E-state index < -0.39 is 12.0 Å². The van der Waals surface area contributed by atoms with Gasteiger partial charge in [-0.2, -0.15) is 5.10 Å². The second kappa shape index (κ2) is 6.49. The Bertz CT molecular complexity index is 595. The highest BCUT2D eigenvalue weighted by atomic mass is 16.3. The van der Waals surface area contributed by atoms with Crippen molar-refractivity contribution in [3.8, 4) is 0 Å². The minimum Gasteiger partial charge on any atom is -0.378 e. The number of aryl methyl sites for hydroxylation is 1. The van der Waals surface area contributed by atoms with Crippen molar-refractivity contribution in [2.75, 3.05) is 0 Å². The quantitative estimate of drug-likeness (QED) is 0.780. The van der Waals surface area contributed by atoms with Crippen LogP contribution in [0.1, 0.15) is 43.2 Å². The Balaban J connectivity index is 2.12. The topological polar surface area (TPSA) is 90.9 Å². The number of H-pyrrole nitrogens is 1. The molecule has 112 valence electrons. The highest BCUT2D eigenvalue weighted by Crippen LogP contribution is 2.20. The molecule has 0 radical (unpaired) electrons. The van der Waals surface area contributed by atoms with E-state index in [1.54, 1.807) is 31.2 Å². The van der Waals surface area contributed by atoms with Gasteiger partial charge in [0.15, 0.2) is 11.9 Å². The number of hydrogen-bond acceptors (Lipinski definition) is 4. The van der Waals surface area contributed by atoms with Gasteiger partial charge in [0.25, 0.3) is 5.91 Å². The van der Waals surface area contributed by atoms with Gasteiger partial charge in [0.05, 0.1) is 6.04 Å². The number of nitrogens with zero attached hydrogens (tertiary/aromatic N) is 2. The van der Waals surface area contributed by atoms with Gasteiger partial charge in [-0.25, -0.2) is 4.98 Å². The summed E-state index contributed by atoms with van der Waals surface area (Å²) >= 11 is 0. The van der Waals surface area contributed by atoms with Crippen LogP contribution in [0.25, 0.3) is 0 Å². The highest BCUT2D eigenvalue weighted by Gasteiger charge is 2.26. The molecule has 0 saturated heterocycles. The fraction of sp³-hybridized carbons (Fsp3) is 0.400. The number of carbonyl (C=O) groups is 1. The Morgan fingerprint density at radius 3 is 2.48 bits per heavy atom. The third-order valence-electron chi connectivity index (χ3n) is 3.22. The number of hydrogen-bond donors (Lipinski definition) is 3. The van der Waals surface area contributed by atoms with Crippen molar-refractivity contribution in [1.29, 1.82) is 0 Å². The van der Waals surface area contributed by atoms with Crippen LogP contribution in [-0.4, -0.2) is 26.2 Å². The van der Waals surface area contributed by atoms with Crippen LogP contribution in [0.2, 0.25) is 0 Å². The van der Waals surface area contributed by atoms with Crippen LogP contribution < -0.4 is 5.32 Å². The molecule has 0 aliphatic rings. The molecule has 0 spiro atoms. The van der Waals surface area contributed by atoms with Gasteiger partial charge >= 0.3 is 0 Å². The molecule has 6 heteroatoms. The molecular formula is C15H20N4O2. The summed E-state index contributed by atoms with van der Waals surface area (Å²) in [6, 6.07) is 8.48. The summed E-state index contributed by atoms with van der Waals surface area (Å²) in [5, 5.41) is 19.8. The maximum atomic E-state index is 12.2. The van der Waals surface area contributed by atoms with Crippen molar-refractivity contribution in [2.24, 2.45) is 5.92 Å². The number of benzene rings is 1. The number of nitrogens with one attached hydrogen (secondary N) is 2. The number of carbonyl (C=O) groups excluding carboxylic acids is 1. The Labute approximate surface area is 123 Å². The second-order valence-corrected chi connectivity index (χ2v) is 5.32. The van der Waals surface area contributed by atoms with Crippen molar-refractivity contribution >= 4 is 5.91 Å². The Morgan fingerprint density at radius 2 is 1.95 bits per heavy atom. The van der Waals surface area contributed by atoms with E-state index >= 15 is 0 Å². The number of aliphatic hydroxyl groups is 1. The number of rotatable bonds is 5. The van der Waals surface area contributed by atoms with E-state index in [2.05, 4.69) is 20.5 Å². The molecule has 1 aromatic carbocycles. The van der Waals surface area contributed by atoms with E-state index in [0.717, 1.165) is 0 Å². The zero-order valence-corrected chi connectivity index (χ0v) is 12.4. The van der Waals surface area contributed by atoms with Gasteiger partial charge in [-0.1, -0.05) is 44.2 Å². The molecule has 6 nitrogen and oxygen atoms in total. The first-order chi connectivity index (χ1) is 9.99. The molecule has 2 unspecified atom stereocenters. The zero-order chi connectivity index (χ0) is 15.4. The molecule has 0 fully saturated rings. The molecule has 1 amide bonds. The van der Waals surface area contributed by atoms with Crippen LogP contribution in [0.5, 0.6) is 0 Å². The van der Waals surface area contributed by atoms with E-state index in [4.69, 9.17) is 0 Å². The molecule has 0 aliphatic heterocycles. The lowest BCUT2D eigenvalue weighted by atomic mass is 10.0. The molecule has 0 bridgehead atoms. The molecule has 1 aromatic heterocycles. The van der Waals surface area contributed by atoms with Crippen LogP contribution in [-0.2, 0) is 4.79 Å². The SMILES string of the molecule is Cc1nc(C(NC(=O)C(O)c2ccccc2)C(C)C)n[nH]1. The summed E-state index contributed by atoms with van der Waals surface area (Å²) in [5.41, 5.74) is 0.559. The van der Waals surface area contributed by atoms with Crippen molar-refractivity contribution in [3.63, 3.8) is 0 Å². The standard InChI is InChI=1S/C15H20N4O2/c1-9(2)12(14-16-10(3)18-19-14)17-15(21)13(20)11-7-5-4-6-8-11/h4-9,12-13,20H,1-3H3,(H,17,21)(H,16,18,19). The molecule has 2 atom stereocenters. The third-order valence-corrected chi connectivity index (χ3v) is 3.22. The average molecular weight is 288 g/mol. The Morgan fingerprint density at radius 1 is 1.29 bits per heavy atom. The summed E-state index contributed by atoms with van der Waals surface area (Å²) in [4.78, 5) is 16.5. The average Bonchev–Trinajstić information content (AvgIpc) is 2.90. The predicted molar refractivity (Wildman–Crippen MR) is 78.2 cm³/mol. The summed E-state index contributed by atoms with van der Waals surface area (Å²) in [6.07, 6.45) is -1.20. The van der Waals surface area contributed by atoms with Crippen LogP contribution in [0, 0.1) is 12.8 Å². The van der Waals surface area contributed by atoms with Crippen molar-refractivity contribution in [2.45, 2.75) is 32.9 Å². The molecule has 0 aliphatic carbocycles. The van der Waals surface area contributed by atoms with E-state index in [1.807, 2.05) is 19.9 Å². The minimum atomic E-state index is -1.20. The second-order valence-electron chi connectivity index (χ2n) is 5.32. The first-order valence-corrected chi connectivity index (χ1v) is 6.91. The summed E-state index contributed by atoms with van der Waals surface area (Å²) in [7, 11) is 0. The third kappa shape index (κ3) is 3.66. The van der Waals surface area contributed by atoms with Crippen molar-refractivity contribution < 1.29 is 9.90 Å². The van der Waals surface area contributed by atoms with Crippen LogP contribution in [0.4, 0.5) is 0 Å². The highest BCUT2D eigenvalue weighted by molar-refractivity contribution is 5.82. The normalized spacial score (nSPS) is 14.0. The van der Waals surface area contributed by atoms with Crippen molar-refractivity contribution in [1.82, 2.24) is 20.5 Å². The van der Waals surface area contributed by atoms with Crippen LogP contribution in [0.3, 0.4) is 0 Å². The Kier molecular flexibility index (Phi) is 4.70. The molecular weight excluding hydrogens is 268 g/mol. The van der Waals surface area contributed by atoms with E-state index in [0.29, 0.717) is 17.2 Å². The number of aliphatic hydroxyl groups excluding tert-OH is 1. The summed E-state index contributed by atoms with van der Waals surface area (Å²) < 4.78 is 0. The summed E-state index contributed by atoms with van der Waals surface area (Å²) in [5.74, 6) is 0.860. The lowest BCUT2D eigenvalue weighted by Crippen LogP contribution is -2.36. The van der Waals surface area contributed by atoms with Gasteiger partial charge in [-0.3, -0.25) is 9.89 Å².